The first kappa shape index (κ1) is 20.5. The molecule has 0 radical (unpaired) electrons. The molecule has 0 amide bonds. The van der Waals surface area contributed by atoms with Crippen LogP contribution in [0, 0.1) is 0 Å². The largest absolute Gasteiger partial charge is 0.497 e. The Kier molecular flexibility index (Phi) is 6.71. The van der Waals surface area contributed by atoms with Gasteiger partial charge in [0.15, 0.2) is 11.0 Å². The van der Waals surface area contributed by atoms with Gasteiger partial charge in [-0.15, -0.1) is 10.2 Å². The zero-order valence-electron chi connectivity index (χ0n) is 16.5. The van der Waals surface area contributed by atoms with Gasteiger partial charge < -0.3 is 10.1 Å². The minimum absolute atomic E-state index is 0.563. The van der Waals surface area contributed by atoms with E-state index in [1.807, 2.05) is 42.5 Å². The highest BCUT2D eigenvalue weighted by Gasteiger charge is 2.14. The number of halogens is 1. The Morgan fingerprint density at radius 1 is 0.933 bits per heavy atom. The molecule has 0 atom stereocenters. The second-order valence-corrected chi connectivity index (χ2v) is 8.43. The lowest BCUT2D eigenvalue weighted by atomic mass is 10.2. The lowest BCUT2D eigenvalue weighted by Crippen LogP contribution is -2.08. The lowest BCUT2D eigenvalue weighted by Gasteiger charge is -2.12. The Morgan fingerprint density at radius 2 is 1.67 bits per heavy atom. The van der Waals surface area contributed by atoms with Crippen LogP contribution in [-0.2, 0) is 12.3 Å². The Bertz CT molecular complexity index is 1080. The molecule has 0 unspecified atom stereocenters. The van der Waals surface area contributed by atoms with Crippen molar-refractivity contribution in [3.63, 3.8) is 0 Å². The van der Waals surface area contributed by atoms with Gasteiger partial charge in [-0.1, -0.05) is 58.0 Å². The van der Waals surface area contributed by atoms with E-state index in [1.165, 1.54) is 5.56 Å². The molecule has 1 heterocycles. The monoisotopic (exact) mass is 480 g/mol. The van der Waals surface area contributed by atoms with E-state index < -0.39 is 0 Å². The zero-order valence-corrected chi connectivity index (χ0v) is 18.9. The van der Waals surface area contributed by atoms with E-state index in [1.54, 1.807) is 18.9 Å². The number of thioether (sulfide) groups is 1. The molecule has 3 aromatic carbocycles. The van der Waals surface area contributed by atoms with Crippen molar-refractivity contribution in [3.8, 4) is 11.4 Å². The van der Waals surface area contributed by atoms with E-state index in [0.717, 1.165) is 38.3 Å². The van der Waals surface area contributed by atoms with Gasteiger partial charge in [-0.05, 0) is 54.1 Å². The van der Waals surface area contributed by atoms with Gasteiger partial charge in [-0.2, -0.15) is 0 Å². The minimum atomic E-state index is 0.563. The van der Waals surface area contributed by atoms with Crippen molar-refractivity contribution in [3.05, 3.63) is 94.7 Å². The van der Waals surface area contributed by atoms with Crippen LogP contribution < -0.4 is 10.1 Å². The molecule has 0 bridgehead atoms. The number of methoxy groups -OCH3 is 1. The van der Waals surface area contributed by atoms with Gasteiger partial charge in [-0.3, -0.25) is 4.57 Å². The second-order valence-electron chi connectivity index (χ2n) is 6.57. The number of rotatable bonds is 8. The van der Waals surface area contributed by atoms with Crippen molar-refractivity contribution >= 4 is 33.4 Å². The molecule has 30 heavy (non-hydrogen) atoms. The number of nitrogens with zero attached hydrogens (tertiary/aromatic N) is 3. The number of ether oxygens (including phenoxy) is 1. The Labute approximate surface area is 188 Å². The maximum atomic E-state index is 5.22. The van der Waals surface area contributed by atoms with Gasteiger partial charge in [0.25, 0.3) is 0 Å². The fraction of sp³-hybridized carbons (Fsp3) is 0.130. The predicted molar refractivity (Wildman–Crippen MR) is 125 cm³/mol. The Hall–Kier alpha value is -2.77. The number of aromatic nitrogens is 3. The number of para-hydroxylation sites is 1. The van der Waals surface area contributed by atoms with Crippen molar-refractivity contribution < 1.29 is 4.74 Å². The standard InChI is InChI=1S/C23H21BrN4OS/c1-29-21-13-11-19(12-14-21)25-15-22-26-27-23(28(22)20-5-3-2-4-6-20)30-16-17-7-9-18(24)10-8-17/h2-14,25H,15-16H2,1H3. The fourth-order valence-electron chi connectivity index (χ4n) is 2.96. The van der Waals surface area contributed by atoms with Crippen LogP contribution in [-0.4, -0.2) is 21.9 Å². The average Bonchev–Trinajstić information content (AvgIpc) is 3.21. The molecule has 4 rings (SSSR count). The topological polar surface area (TPSA) is 52.0 Å². The van der Waals surface area contributed by atoms with Crippen LogP contribution in [0.1, 0.15) is 11.4 Å². The summed E-state index contributed by atoms with van der Waals surface area (Å²) >= 11 is 5.16. The molecule has 0 aliphatic heterocycles. The molecule has 0 spiro atoms. The van der Waals surface area contributed by atoms with Gasteiger partial charge >= 0.3 is 0 Å². The third-order valence-electron chi connectivity index (χ3n) is 4.54. The third-order valence-corrected chi connectivity index (χ3v) is 6.07. The van der Waals surface area contributed by atoms with Crippen LogP contribution in [0.2, 0.25) is 0 Å². The number of nitrogens with one attached hydrogen (secondary N) is 1. The summed E-state index contributed by atoms with van der Waals surface area (Å²) in [7, 11) is 1.66. The van der Waals surface area contributed by atoms with E-state index >= 15 is 0 Å². The molecule has 1 aromatic heterocycles. The second kappa shape index (κ2) is 9.82. The van der Waals surface area contributed by atoms with Crippen LogP contribution in [0.5, 0.6) is 5.75 Å². The average molecular weight is 481 g/mol. The van der Waals surface area contributed by atoms with Gasteiger partial charge in [0.05, 0.1) is 13.7 Å². The van der Waals surface area contributed by atoms with Gasteiger partial charge in [0.2, 0.25) is 0 Å². The van der Waals surface area contributed by atoms with Gasteiger partial charge in [0.1, 0.15) is 5.75 Å². The maximum absolute atomic E-state index is 5.22. The Morgan fingerprint density at radius 3 is 2.37 bits per heavy atom. The van der Waals surface area contributed by atoms with E-state index in [2.05, 4.69) is 72.4 Å². The van der Waals surface area contributed by atoms with E-state index in [4.69, 9.17) is 4.74 Å². The van der Waals surface area contributed by atoms with Crippen molar-refractivity contribution in [2.24, 2.45) is 0 Å². The first-order chi connectivity index (χ1) is 14.7. The molecule has 0 aliphatic rings. The fourth-order valence-corrected chi connectivity index (χ4v) is 4.15. The third kappa shape index (κ3) is 5.04. The number of hydrogen-bond donors (Lipinski definition) is 1. The summed E-state index contributed by atoms with van der Waals surface area (Å²) in [4.78, 5) is 0. The molecular formula is C23H21BrN4OS. The normalized spacial score (nSPS) is 10.7. The van der Waals surface area contributed by atoms with Crippen LogP contribution in [0.3, 0.4) is 0 Å². The van der Waals surface area contributed by atoms with E-state index in [0.29, 0.717) is 6.54 Å². The molecule has 7 heteroatoms. The highest BCUT2D eigenvalue weighted by atomic mass is 79.9. The minimum Gasteiger partial charge on any atom is -0.497 e. The summed E-state index contributed by atoms with van der Waals surface area (Å²) in [5.74, 6) is 2.51. The zero-order chi connectivity index (χ0) is 20.8. The molecule has 0 aliphatic carbocycles. The summed E-state index contributed by atoms with van der Waals surface area (Å²) in [5.41, 5.74) is 3.29. The molecule has 0 saturated carbocycles. The highest BCUT2D eigenvalue weighted by molar-refractivity contribution is 9.10. The first-order valence-electron chi connectivity index (χ1n) is 9.48. The van der Waals surface area contributed by atoms with Crippen LogP contribution in [0.4, 0.5) is 5.69 Å². The van der Waals surface area contributed by atoms with Crippen LogP contribution in [0.15, 0.2) is 88.5 Å². The van der Waals surface area contributed by atoms with E-state index in [-0.39, 0.29) is 0 Å². The van der Waals surface area contributed by atoms with Gasteiger partial charge in [-0.25, -0.2) is 0 Å². The van der Waals surface area contributed by atoms with Crippen molar-refractivity contribution in [2.75, 3.05) is 12.4 Å². The van der Waals surface area contributed by atoms with Gasteiger partial charge in [0, 0.05) is 21.6 Å². The number of benzene rings is 3. The summed E-state index contributed by atoms with van der Waals surface area (Å²) in [6.45, 7) is 0.563. The molecule has 0 fully saturated rings. The molecular weight excluding hydrogens is 460 g/mol. The van der Waals surface area contributed by atoms with Crippen molar-refractivity contribution in [2.45, 2.75) is 17.5 Å². The van der Waals surface area contributed by atoms with Crippen molar-refractivity contribution in [1.82, 2.24) is 14.8 Å². The first-order valence-corrected chi connectivity index (χ1v) is 11.3. The molecule has 5 nitrogen and oxygen atoms in total. The number of anilines is 1. The van der Waals surface area contributed by atoms with Crippen LogP contribution in [0.25, 0.3) is 5.69 Å². The smallest absolute Gasteiger partial charge is 0.196 e. The molecule has 1 N–H and O–H groups in total. The molecule has 4 aromatic rings. The SMILES string of the molecule is COc1ccc(NCc2nnc(SCc3ccc(Br)cc3)n2-c2ccccc2)cc1. The summed E-state index contributed by atoms with van der Waals surface area (Å²) in [5, 5.41) is 13.2. The number of hydrogen-bond acceptors (Lipinski definition) is 5. The van der Waals surface area contributed by atoms with Crippen LogP contribution >= 0.6 is 27.7 Å². The molecule has 152 valence electrons. The summed E-state index contributed by atoms with van der Waals surface area (Å²) in [6, 6.07) is 26.4. The lowest BCUT2D eigenvalue weighted by molar-refractivity contribution is 0.415. The highest BCUT2D eigenvalue weighted by Crippen LogP contribution is 2.26. The van der Waals surface area contributed by atoms with Crippen molar-refractivity contribution in [1.29, 1.82) is 0 Å². The quantitative estimate of drug-likeness (QED) is 0.316. The summed E-state index contributed by atoms with van der Waals surface area (Å²) in [6.07, 6.45) is 0. The summed E-state index contributed by atoms with van der Waals surface area (Å²) < 4.78 is 8.41. The predicted octanol–water partition coefficient (Wildman–Crippen LogP) is 5.94. The maximum Gasteiger partial charge on any atom is 0.196 e. The molecule has 0 saturated heterocycles. The Balaban J connectivity index is 1.54. The van der Waals surface area contributed by atoms with E-state index in [9.17, 15) is 0 Å².